The lowest BCUT2D eigenvalue weighted by Gasteiger charge is -2.50. The van der Waals surface area contributed by atoms with Crippen molar-refractivity contribution in [2.75, 3.05) is 26.8 Å². The summed E-state index contributed by atoms with van der Waals surface area (Å²) in [6.07, 6.45) is 2.25. The van der Waals surface area contributed by atoms with Gasteiger partial charge in [0.2, 0.25) is 11.8 Å². The number of fused-ring (bicyclic) bond motifs is 4. The largest absolute Gasteiger partial charge is 0.491 e. The number of alkyl halides is 2. The van der Waals surface area contributed by atoms with Crippen molar-refractivity contribution in [3.8, 4) is 5.75 Å². The number of aliphatic hydroxyl groups is 1. The van der Waals surface area contributed by atoms with E-state index in [0.29, 0.717) is 17.7 Å². The third-order valence-electron chi connectivity index (χ3n) is 8.00. The predicted octanol–water partition coefficient (Wildman–Crippen LogP) is 2.07. The molecule has 6 atom stereocenters. The molecule has 6 unspecified atom stereocenters. The number of nitrogens with zero attached hydrogens (tertiary/aromatic N) is 2. The van der Waals surface area contributed by atoms with Crippen molar-refractivity contribution in [3.05, 3.63) is 41.5 Å². The zero-order valence-corrected chi connectivity index (χ0v) is 20.9. The summed E-state index contributed by atoms with van der Waals surface area (Å²) in [6.45, 7) is 2.03. The van der Waals surface area contributed by atoms with Crippen LogP contribution in [0.5, 0.6) is 5.75 Å². The van der Waals surface area contributed by atoms with Crippen LogP contribution in [-0.4, -0.2) is 75.1 Å². The van der Waals surface area contributed by atoms with E-state index in [9.17, 15) is 19.2 Å². The fourth-order valence-electron chi connectivity index (χ4n) is 6.41. The van der Waals surface area contributed by atoms with Crippen LogP contribution in [0.3, 0.4) is 0 Å². The SMILES string of the molecule is CCN1C(=O)C2CC=C3C(CC4(Cl)C(=O)N(C)C(=O)C4(Cl)C3c3ccc(OCCO)cc3)C2C1=O. The lowest BCUT2D eigenvalue weighted by atomic mass is 9.56. The molecule has 5 rings (SSSR count). The molecule has 1 N–H and O–H groups in total. The van der Waals surface area contributed by atoms with Crippen molar-refractivity contribution in [1.82, 2.24) is 9.80 Å². The summed E-state index contributed by atoms with van der Waals surface area (Å²) in [5.74, 6) is -3.60. The van der Waals surface area contributed by atoms with Gasteiger partial charge in [0.1, 0.15) is 12.4 Å². The molecule has 1 aromatic rings. The number of carbonyl (C=O) groups is 4. The first-order chi connectivity index (χ1) is 16.6. The fourth-order valence-corrected chi connectivity index (χ4v) is 7.43. The second-order valence-electron chi connectivity index (χ2n) is 9.56. The van der Waals surface area contributed by atoms with E-state index in [4.69, 9.17) is 33.0 Å². The molecule has 186 valence electrons. The summed E-state index contributed by atoms with van der Waals surface area (Å²) in [5, 5.41) is 9.02. The van der Waals surface area contributed by atoms with Crippen LogP contribution in [0.1, 0.15) is 31.2 Å². The molecule has 0 spiro atoms. The van der Waals surface area contributed by atoms with E-state index < -0.39 is 45.2 Å². The van der Waals surface area contributed by atoms with Crippen LogP contribution in [0.2, 0.25) is 0 Å². The van der Waals surface area contributed by atoms with Gasteiger partial charge in [0.05, 0.1) is 18.4 Å². The molecular weight excluding hydrogens is 495 g/mol. The van der Waals surface area contributed by atoms with Gasteiger partial charge < -0.3 is 9.84 Å². The maximum Gasteiger partial charge on any atom is 0.253 e. The lowest BCUT2D eigenvalue weighted by molar-refractivity contribution is -0.141. The van der Waals surface area contributed by atoms with E-state index in [1.165, 1.54) is 11.9 Å². The summed E-state index contributed by atoms with van der Waals surface area (Å²) < 4.78 is 5.46. The van der Waals surface area contributed by atoms with Gasteiger partial charge in [-0.25, -0.2) is 0 Å². The molecule has 10 heteroatoms. The lowest BCUT2D eigenvalue weighted by Crippen LogP contribution is -2.60. The topological polar surface area (TPSA) is 104 Å². The summed E-state index contributed by atoms with van der Waals surface area (Å²) in [4.78, 5) is 51.7. The normalized spacial score (nSPS) is 36.2. The second kappa shape index (κ2) is 8.32. The van der Waals surface area contributed by atoms with Gasteiger partial charge in [0.25, 0.3) is 11.8 Å². The van der Waals surface area contributed by atoms with E-state index in [2.05, 4.69) is 0 Å². The molecule has 1 saturated carbocycles. The number of halogens is 2. The van der Waals surface area contributed by atoms with Gasteiger partial charge in [-0.2, -0.15) is 0 Å². The Balaban J connectivity index is 1.66. The van der Waals surface area contributed by atoms with Crippen LogP contribution >= 0.6 is 23.2 Å². The standard InChI is InChI=1S/C25H26Cl2N2O6/c1-3-29-20(31)16-9-8-15-17(18(16)21(29)32)12-24(26)22(33)28(2)23(34)25(24,27)19(15)13-4-6-14(7-5-13)35-11-10-30/h4-8,16-19,30H,3,9-12H2,1-2H3. The van der Waals surface area contributed by atoms with Gasteiger partial charge in [-0.15, -0.1) is 23.2 Å². The van der Waals surface area contributed by atoms with Crippen molar-refractivity contribution in [3.63, 3.8) is 0 Å². The minimum Gasteiger partial charge on any atom is -0.491 e. The van der Waals surface area contributed by atoms with E-state index >= 15 is 0 Å². The maximum absolute atomic E-state index is 13.5. The van der Waals surface area contributed by atoms with Crippen molar-refractivity contribution in [1.29, 1.82) is 0 Å². The summed E-state index contributed by atoms with van der Waals surface area (Å²) in [6, 6.07) is 6.91. The minimum atomic E-state index is -1.79. The molecule has 4 amide bonds. The molecule has 0 radical (unpaired) electrons. The average Bonchev–Trinajstić information content (AvgIpc) is 3.17. The quantitative estimate of drug-likeness (QED) is 0.362. The molecule has 35 heavy (non-hydrogen) atoms. The molecule has 2 aliphatic carbocycles. The first-order valence-corrected chi connectivity index (χ1v) is 12.5. The summed E-state index contributed by atoms with van der Waals surface area (Å²) in [7, 11) is 1.37. The highest BCUT2D eigenvalue weighted by molar-refractivity contribution is 6.53. The molecule has 0 aromatic heterocycles. The zero-order chi connectivity index (χ0) is 25.3. The molecule has 4 aliphatic rings. The third kappa shape index (κ3) is 3.09. The number of likely N-dealkylation sites (tertiary alicyclic amines) is 2. The van der Waals surface area contributed by atoms with Gasteiger partial charge in [0, 0.05) is 19.5 Å². The number of ether oxygens (including phenoxy) is 1. The smallest absolute Gasteiger partial charge is 0.253 e. The molecule has 1 aromatic carbocycles. The van der Waals surface area contributed by atoms with Gasteiger partial charge in [-0.1, -0.05) is 23.8 Å². The minimum absolute atomic E-state index is 0.00919. The van der Waals surface area contributed by atoms with Crippen LogP contribution in [0.15, 0.2) is 35.9 Å². The van der Waals surface area contributed by atoms with Crippen LogP contribution in [-0.2, 0) is 19.2 Å². The Labute approximate surface area is 212 Å². The van der Waals surface area contributed by atoms with E-state index in [-0.39, 0.29) is 38.0 Å². The first kappa shape index (κ1) is 24.3. The van der Waals surface area contributed by atoms with Gasteiger partial charge in [-0.3, -0.25) is 29.0 Å². The predicted molar refractivity (Wildman–Crippen MR) is 127 cm³/mol. The van der Waals surface area contributed by atoms with Crippen molar-refractivity contribution in [2.24, 2.45) is 17.8 Å². The average molecular weight is 521 g/mol. The zero-order valence-electron chi connectivity index (χ0n) is 19.4. The Hall–Kier alpha value is -2.42. The van der Waals surface area contributed by atoms with Crippen LogP contribution in [0, 0.1) is 17.8 Å². The van der Waals surface area contributed by atoms with E-state index in [1.807, 2.05) is 6.08 Å². The molecule has 2 heterocycles. The fraction of sp³-hybridized carbons (Fsp3) is 0.520. The van der Waals surface area contributed by atoms with Crippen LogP contribution in [0.4, 0.5) is 0 Å². The van der Waals surface area contributed by atoms with Crippen molar-refractivity contribution < 1.29 is 29.0 Å². The van der Waals surface area contributed by atoms with Gasteiger partial charge in [0.15, 0.2) is 9.75 Å². The Morgan fingerprint density at radius 2 is 1.74 bits per heavy atom. The number of allylic oxidation sites excluding steroid dienone is 2. The van der Waals surface area contributed by atoms with E-state index in [0.717, 1.165) is 10.5 Å². The van der Waals surface area contributed by atoms with Crippen LogP contribution in [0.25, 0.3) is 0 Å². The molecular formula is C25H26Cl2N2O6. The second-order valence-corrected chi connectivity index (χ2v) is 10.8. The number of imide groups is 2. The Bertz CT molecular complexity index is 1150. The molecule has 8 nitrogen and oxygen atoms in total. The van der Waals surface area contributed by atoms with Crippen LogP contribution < -0.4 is 4.74 Å². The maximum atomic E-state index is 13.5. The van der Waals surface area contributed by atoms with E-state index in [1.54, 1.807) is 31.2 Å². The van der Waals surface area contributed by atoms with Gasteiger partial charge in [-0.05, 0) is 43.4 Å². The summed E-state index contributed by atoms with van der Waals surface area (Å²) in [5.41, 5.74) is 1.41. The molecule has 0 bridgehead atoms. The Morgan fingerprint density at radius 3 is 2.37 bits per heavy atom. The highest BCUT2D eigenvalue weighted by atomic mass is 35.5. The number of hydrogen-bond donors (Lipinski definition) is 1. The van der Waals surface area contributed by atoms with Crippen molar-refractivity contribution in [2.45, 2.75) is 35.4 Å². The first-order valence-electron chi connectivity index (χ1n) is 11.7. The van der Waals surface area contributed by atoms with Crippen molar-refractivity contribution >= 4 is 46.8 Å². The Kier molecular flexibility index (Phi) is 5.77. The monoisotopic (exact) mass is 520 g/mol. The molecule has 3 fully saturated rings. The number of hydrogen-bond acceptors (Lipinski definition) is 6. The third-order valence-corrected chi connectivity index (χ3v) is 9.41. The highest BCUT2D eigenvalue weighted by Gasteiger charge is 2.75. The molecule has 2 aliphatic heterocycles. The number of carbonyl (C=O) groups excluding carboxylic acids is 4. The summed E-state index contributed by atoms with van der Waals surface area (Å²) >= 11 is 14.2. The highest BCUT2D eigenvalue weighted by Crippen LogP contribution is 2.65. The number of aliphatic hydroxyl groups excluding tert-OH is 1. The number of amides is 4. The molecule has 2 saturated heterocycles. The number of benzene rings is 1. The van der Waals surface area contributed by atoms with Gasteiger partial charge >= 0.3 is 0 Å². The number of rotatable bonds is 5. The Morgan fingerprint density at radius 1 is 1.06 bits per heavy atom.